The lowest BCUT2D eigenvalue weighted by atomic mass is 10.3. The van der Waals surface area contributed by atoms with E-state index in [1.807, 2.05) is 26.0 Å². The lowest BCUT2D eigenvalue weighted by molar-refractivity contribution is 0.831. The second kappa shape index (κ2) is 6.10. The molecule has 0 spiro atoms. The van der Waals surface area contributed by atoms with Crippen LogP contribution in [0.1, 0.15) is 13.8 Å². The Morgan fingerprint density at radius 2 is 1.94 bits per heavy atom. The van der Waals surface area contributed by atoms with E-state index in [2.05, 4.69) is 15.3 Å². The van der Waals surface area contributed by atoms with E-state index in [0.29, 0.717) is 10.7 Å². The molecule has 17 heavy (non-hydrogen) atoms. The Morgan fingerprint density at radius 1 is 1.29 bits per heavy atom. The Morgan fingerprint density at radius 3 is 2.53 bits per heavy atom. The molecule has 0 saturated heterocycles. The smallest absolute Gasteiger partial charge is 0.218 e. The topological polar surface area (TPSA) is 88.8 Å². The van der Waals surface area contributed by atoms with Gasteiger partial charge in [0.2, 0.25) is 11.9 Å². The second-order valence-corrected chi connectivity index (χ2v) is 4.09. The first kappa shape index (κ1) is 13.3. The summed E-state index contributed by atoms with van der Waals surface area (Å²) in [6, 6.07) is 7.29. The van der Waals surface area contributed by atoms with Gasteiger partial charge in [-0.15, -0.1) is 0 Å². The first-order valence-electron chi connectivity index (χ1n) is 5.18. The lowest BCUT2D eigenvalue weighted by Crippen LogP contribution is -2.26. The van der Waals surface area contributed by atoms with Gasteiger partial charge in [-0.2, -0.15) is 4.99 Å². The maximum Gasteiger partial charge on any atom is 0.218 e. The van der Waals surface area contributed by atoms with E-state index in [9.17, 15) is 0 Å². The van der Waals surface area contributed by atoms with Crippen LogP contribution in [0, 0.1) is 0 Å². The maximum atomic E-state index is 5.95. The number of anilines is 1. The summed E-state index contributed by atoms with van der Waals surface area (Å²) in [4.78, 5) is 7.94. The molecular formula is C11H16ClN5. The summed E-state index contributed by atoms with van der Waals surface area (Å²) in [6.45, 7) is 3.81. The number of nitrogens with two attached hydrogens (primary N) is 2. The summed E-state index contributed by atoms with van der Waals surface area (Å²) < 4.78 is 0. The number of nitrogens with zero attached hydrogens (tertiary/aromatic N) is 2. The Labute approximate surface area is 106 Å². The van der Waals surface area contributed by atoms with E-state index in [0.717, 1.165) is 0 Å². The van der Waals surface area contributed by atoms with E-state index in [-0.39, 0.29) is 18.0 Å². The minimum Gasteiger partial charge on any atom is -0.369 e. The Bertz CT molecular complexity index is 439. The summed E-state index contributed by atoms with van der Waals surface area (Å²) in [5, 5.41) is 3.41. The van der Waals surface area contributed by atoms with Crippen molar-refractivity contribution in [2.45, 2.75) is 19.9 Å². The third-order valence-electron chi connectivity index (χ3n) is 1.76. The fraction of sp³-hybridized carbons (Fsp3) is 0.273. The predicted molar refractivity (Wildman–Crippen MR) is 73.5 cm³/mol. The number of halogens is 1. The number of rotatable bonds is 2. The van der Waals surface area contributed by atoms with Gasteiger partial charge in [0.1, 0.15) is 0 Å². The zero-order valence-corrected chi connectivity index (χ0v) is 10.6. The van der Waals surface area contributed by atoms with Crippen LogP contribution in [-0.2, 0) is 0 Å². The van der Waals surface area contributed by atoms with Crippen LogP contribution >= 0.6 is 11.6 Å². The number of nitrogens with one attached hydrogen (secondary N) is 1. The largest absolute Gasteiger partial charge is 0.369 e. The van der Waals surface area contributed by atoms with Crippen molar-refractivity contribution in [1.29, 1.82) is 0 Å². The van der Waals surface area contributed by atoms with Crippen molar-refractivity contribution in [3.8, 4) is 0 Å². The number of hydrogen-bond acceptors (Lipinski definition) is 1. The van der Waals surface area contributed by atoms with Crippen LogP contribution in [-0.4, -0.2) is 18.0 Å². The van der Waals surface area contributed by atoms with Gasteiger partial charge in [0.25, 0.3) is 0 Å². The molecule has 0 fully saturated rings. The van der Waals surface area contributed by atoms with Crippen molar-refractivity contribution in [2.24, 2.45) is 21.5 Å². The average Bonchev–Trinajstić information content (AvgIpc) is 2.19. The van der Waals surface area contributed by atoms with Gasteiger partial charge in [-0.1, -0.05) is 23.7 Å². The SMILES string of the molecule is CC(C)N=C(N)/N=C(\N)Nc1ccccc1Cl. The van der Waals surface area contributed by atoms with E-state index in [1.165, 1.54) is 0 Å². The predicted octanol–water partition coefficient (Wildman–Crippen LogP) is 1.79. The van der Waals surface area contributed by atoms with Crippen molar-refractivity contribution in [2.75, 3.05) is 5.32 Å². The fourth-order valence-corrected chi connectivity index (χ4v) is 1.33. The molecule has 0 aromatic heterocycles. The van der Waals surface area contributed by atoms with Crippen LogP contribution in [0.2, 0.25) is 5.02 Å². The Balaban J connectivity index is 2.76. The number of aliphatic imine (C=N–C) groups is 2. The van der Waals surface area contributed by atoms with Gasteiger partial charge >= 0.3 is 0 Å². The van der Waals surface area contributed by atoms with Crippen LogP contribution in [0.5, 0.6) is 0 Å². The quantitative estimate of drug-likeness (QED) is 0.555. The van der Waals surface area contributed by atoms with Crippen LogP contribution in [0.15, 0.2) is 34.3 Å². The van der Waals surface area contributed by atoms with Gasteiger partial charge in [0, 0.05) is 6.04 Å². The molecule has 0 atom stereocenters. The van der Waals surface area contributed by atoms with E-state index in [1.54, 1.807) is 12.1 Å². The van der Waals surface area contributed by atoms with Gasteiger partial charge < -0.3 is 16.8 Å². The zero-order chi connectivity index (χ0) is 12.8. The summed E-state index contributed by atoms with van der Waals surface area (Å²) >= 11 is 5.95. The highest BCUT2D eigenvalue weighted by Crippen LogP contribution is 2.19. The molecule has 0 radical (unpaired) electrons. The van der Waals surface area contributed by atoms with Crippen molar-refractivity contribution in [3.63, 3.8) is 0 Å². The molecule has 92 valence electrons. The average molecular weight is 254 g/mol. The third kappa shape index (κ3) is 4.74. The maximum absolute atomic E-state index is 5.95. The summed E-state index contributed by atoms with van der Waals surface area (Å²) in [5.74, 6) is 0.289. The summed E-state index contributed by atoms with van der Waals surface area (Å²) in [6.07, 6.45) is 0. The molecule has 0 bridgehead atoms. The minimum absolute atomic E-state index is 0.0758. The lowest BCUT2D eigenvalue weighted by Gasteiger charge is -2.07. The molecule has 0 aliphatic heterocycles. The number of benzene rings is 1. The van der Waals surface area contributed by atoms with E-state index >= 15 is 0 Å². The molecule has 0 unspecified atom stereocenters. The van der Waals surface area contributed by atoms with Crippen LogP contribution in [0.4, 0.5) is 5.69 Å². The molecule has 1 rings (SSSR count). The van der Waals surface area contributed by atoms with Crippen molar-refractivity contribution >= 4 is 29.2 Å². The molecule has 5 N–H and O–H groups in total. The molecule has 5 nitrogen and oxygen atoms in total. The highest BCUT2D eigenvalue weighted by molar-refractivity contribution is 6.33. The highest BCUT2D eigenvalue weighted by atomic mass is 35.5. The summed E-state index contributed by atoms with van der Waals surface area (Å²) in [5.41, 5.74) is 11.9. The highest BCUT2D eigenvalue weighted by Gasteiger charge is 2.00. The molecule has 0 aliphatic rings. The van der Waals surface area contributed by atoms with Crippen LogP contribution in [0.25, 0.3) is 0 Å². The first-order chi connectivity index (χ1) is 7.99. The molecule has 0 aliphatic carbocycles. The van der Waals surface area contributed by atoms with Gasteiger partial charge in [-0.25, -0.2) is 4.99 Å². The third-order valence-corrected chi connectivity index (χ3v) is 2.09. The van der Waals surface area contributed by atoms with Crippen LogP contribution in [0.3, 0.4) is 0 Å². The molecule has 1 aromatic carbocycles. The molecule has 0 heterocycles. The molecule has 6 heteroatoms. The summed E-state index contributed by atoms with van der Waals surface area (Å²) in [7, 11) is 0. The van der Waals surface area contributed by atoms with Gasteiger partial charge in [-0.05, 0) is 26.0 Å². The standard InChI is InChI=1S/C11H16ClN5/c1-7(2)15-10(13)17-11(14)16-9-6-4-3-5-8(9)12/h3-7H,1-2H3,(H5,13,14,15,16,17). The molecule has 0 saturated carbocycles. The van der Waals surface area contributed by atoms with Gasteiger partial charge in [0.05, 0.1) is 10.7 Å². The fourth-order valence-electron chi connectivity index (χ4n) is 1.15. The number of hydrogen-bond donors (Lipinski definition) is 3. The monoisotopic (exact) mass is 253 g/mol. The second-order valence-electron chi connectivity index (χ2n) is 3.68. The zero-order valence-electron chi connectivity index (χ0n) is 9.81. The number of guanidine groups is 2. The van der Waals surface area contributed by atoms with Crippen LogP contribution < -0.4 is 16.8 Å². The van der Waals surface area contributed by atoms with E-state index < -0.39 is 0 Å². The molecule has 1 aromatic rings. The van der Waals surface area contributed by atoms with Crippen molar-refractivity contribution in [1.82, 2.24) is 0 Å². The molecular weight excluding hydrogens is 238 g/mol. The van der Waals surface area contributed by atoms with Gasteiger partial charge in [0.15, 0.2) is 0 Å². The normalized spacial score (nSPS) is 12.9. The Kier molecular flexibility index (Phi) is 4.78. The van der Waals surface area contributed by atoms with E-state index in [4.69, 9.17) is 23.1 Å². The minimum atomic E-state index is 0.0758. The first-order valence-corrected chi connectivity index (χ1v) is 5.56. The Hall–Kier alpha value is -1.75. The molecule has 0 amide bonds. The van der Waals surface area contributed by atoms with Gasteiger partial charge in [-0.3, -0.25) is 0 Å². The number of para-hydroxylation sites is 1. The van der Waals surface area contributed by atoms with Crippen molar-refractivity contribution < 1.29 is 0 Å². The van der Waals surface area contributed by atoms with Crippen molar-refractivity contribution in [3.05, 3.63) is 29.3 Å².